The van der Waals surface area contributed by atoms with Crippen LogP contribution in [0, 0.1) is 0 Å². The molecule has 0 bridgehead atoms. The minimum Gasteiger partial charge on any atom is -0.506 e. The summed E-state index contributed by atoms with van der Waals surface area (Å²) in [5, 5.41) is 13.7. The number of hydrogen-bond donors (Lipinski definition) is 3. The zero-order chi connectivity index (χ0) is 15.4. The smallest absolute Gasteiger partial charge is 0.271 e. The predicted octanol–water partition coefficient (Wildman–Crippen LogP) is 0.759. The van der Waals surface area contributed by atoms with Gasteiger partial charge in [0.25, 0.3) is 5.91 Å². The number of anilines is 1. The third-order valence-electron chi connectivity index (χ3n) is 2.76. The SMILES string of the molecule is Bc1cc(Br)c(O)c(/C=N/NC(=O)c2cccc(N)c2)c1. The van der Waals surface area contributed by atoms with Gasteiger partial charge in [-0.2, -0.15) is 5.10 Å². The van der Waals surface area contributed by atoms with Crippen molar-refractivity contribution < 1.29 is 9.90 Å². The van der Waals surface area contributed by atoms with Gasteiger partial charge in [0.1, 0.15) is 13.6 Å². The predicted molar refractivity (Wildman–Crippen MR) is 89.9 cm³/mol. The highest BCUT2D eigenvalue weighted by Crippen LogP contribution is 2.24. The number of benzene rings is 2. The van der Waals surface area contributed by atoms with E-state index in [1.165, 1.54) is 6.21 Å². The lowest BCUT2D eigenvalue weighted by molar-refractivity contribution is 0.0955. The summed E-state index contributed by atoms with van der Waals surface area (Å²) in [5.74, 6) is -0.299. The highest BCUT2D eigenvalue weighted by molar-refractivity contribution is 9.10. The number of rotatable bonds is 3. The van der Waals surface area contributed by atoms with E-state index in [-0.39, 0.29) is 11.7 Å². The molecule has 0 aliphatic rings. The fourth-order valence-electron chi connectivity index (χ4n) is 1.76. The molecule has 7 heteroatoms. The summed E-state index contributed by atoms with van der Waals surface area (Å²) in [4.78, 5) is 11.9. The van der Waals surface area contributed by atoms with Crippen LogP contribution in [0.25, 0.3) is 0 Å². The number of nitrogens with zero attached hydrogens (tertiary/aromatic N) is 1. The van der Waals surface area contributed by atoms with E-state index in [4.69, 9.17) is 5.73 Å². The van der Waals surface area contributed by atoms with Gasteiger partial charge in [-0.3, -0.25) is 4.79 Å². The fourth-order valence-corrected chi connectivity index (χ4v) is 2.35. The minimum atomic E-state index is -0.371. The molecule has 5 nitrogen and oxygen atoms in total. The van der Waals surface area contributed by atoms with Crippen molar-refractivity contribution in [3.8, 4) is 5.75 Å². The Balaban J connectivity index is 2.11. The first-order valence-corrected chi connectivity index (χ1v) is 6.94. The van der Waals surface area contributed by atoms with Crippen LogP contribution in [-0.2, 0) is 0 Å². The summed E-state index contributed by atoms with van der Waals surface area (Å²) in [7, 11) is 1.90. The van der Waals surface area contributed by atoms with Crippen LogP contribution in [0.1, 0.15) is 15.9 Å². The number of phenolic OH excluding ortho intramolecular Hbond substituents is 1. The molecule has 0 saturated carbocycles. The number of hydrogen-bond acceptors (Lipinski definition) is 4. The summed E-state index contributed by atoms with van der Waals surface area (Å²) in [6.07, 6.45) is 1.39. The highest BCUT2D eigenvalue weighted by Gasteiger charge is 2.06. The molecule has 2 aromatic rings. The van der Waals surface area contributed by atoms with Crippen molar-refractivity contribution in [2.24, 2.45) is 5.10 Å². The number of nitrogens with one attached hydrogen (secondary N) is 1. The summed E-state index contributed by atoms with van der Waals surface area (Å²) >= 11 is 3.25. The van der Waals surface area contributed by atoms with Gasteiger partial charge in [0, 0.05) is 16.8 Å². The summed E-state index contributed by atoms with van der Waals surface area (Å²) in [6, 6.07) is 10.1. The van der Waals surface area contributed by atoms with Crippen LogP contribution in [0.3, 0.4) is 0 Å². The Morgan fingerprint density at radius 2 is 2.14 bits per heavy atom. The molecular weight excluding hydrogens is 333 g/mol. The van der Waals surface area contributed by atoms with Gasteiger partial charge in [-0.05, 0) is 34.1 Å². The standard InChI is InChI=1S/C14H13BBrN3O2/c15-10-4-9(13(20)12(16)6-10)7-18-19-14(21)8-2-1-3-11(17)5-8/h1-7,20H,15,17H2,(H,19,21)/b18-7+. The van der Waals surface area contributed by atoms with Crippen molar-refractivity contribution in [3.63, 3.8) is 0 Å². The van der Waals surface area contributed by atoms with Gasteiger partial charge >= 0.3 is 0 Å². The average molecular weight is 346 g/mol. The maximum Gasteiger partial charge on any atom is 0.271 e. The monoisotopic (exact) mass is 345 g/mol. The van der Waals surface area contributed by atoms with Gasteiger partial charge in [0.15, 0.2) is 0 Å². The zero-order valence-electron chi connectivity index (χ0n) is 11.3. The lowest BCUT2D eigenvalue weighted by atomic mass is 9.94. The Labute approximate surface area is 131 Å². The average Bonchev–Trinajstić information content (AvgIpc) is 2.43. The molecular formula is C14H13BBrN3O2. The number of phenols is 1. The fraction of sp³-hybridized carbons (Fsp3) is 0. The van der Waals surface area contributed by atoms with Crippen molar-refractivity contribution in [2.45, 2.75) is 0 Å². The molecule has 0 aliphatic heterocycles. The van der Waals surface area contributed by atoms with Gasteiger partial charge in [0.2, 0.25) is 0 Å². The van der Waals surface area contributed by atoms with E-state index in [1.54, 1.807) is 36.4 Å². The first-order valence-electron chi connectivity index (χ1n) is 6.15. The molecule has 0 radical (unpaired) electrons. The molecule has 0 spiro atoms. The normalized spacial score (nSPS) is 10.7. The third kappa shape index (κ3) is 3.85. The minimum absolute atomic E-state index is 0.0718. The zero-order valence-corrected chi connectivity index (χ0v) is 12.9. The molecule has 0 atom stereocenters. The van der Waals surface area contributed by atoms with Crippen molar-refractivity contribution in [1.29, 1.82) is 0 Å². The molecule has 0 aliphatic carbocycles. The molecule has 0 heterocycles. The van der Waals surface area contributed by atoms with Crippen LogP contribution in [0.2, 0.25) is 0 Å². The summed E-state index contributed by atoms with van der Waals surface area (Å²) < 4.78 is 0.575. The van der Waals surface area contributed by atoms with Gasteiger partial charge in [-0.1, -0.05) is 23.7 Å². The van der Waals surface area contributed by atoms with E-state index in [9.17, 15) is 9.90 Å². The van der Waals surface area contributed by atoms with Crippen LogP contribution in [0.15, 0.2) is 46.0 Å². The maximum atomic E-state index is 11.9. The molecule has 2 aromatic carbocycles. The Bertz CT molecular complexity index is 719. The van der Waals surface area contributed by atoms with Crippen LogP contribution in [0.4, 0.5) is 5.69 Å². The van der Waals surface area contributed by atoms with Crippen molar-refractivity contribution >= 4 is 47.0 Å². The molecule has 0 unspecified atom stereocenters. The molecule has 0 aromatic heterocycles. The lowest BCUT2D eigenvalue weighted by Crippen LogP contribution is -2.17. The number of carbonyl (C=O) groups is 1. The number of nitrogen functional groups attached to an aromatic ring is 1. The van der Waals surface area contributed by atoms with E-state index in [0.29, 0.717) is 21.3 Å². The number of nitrogens with two attached hydrogens (primary N) is 1. The molecule has 2 rings (SSSR count). The quantitative estimate of drug-likeness (QED) is 0.332. The van der Waals surface area contributed by atoms with Crippen molar-refractivity contribution in [1.82, 2.24) is 5.43 Å². The number of aromatic hydroxyl groups is 1. The van der Waals surface area contributed by atoms with Crippen LogP contribution in [0.5, 0.6) is 5.75 Å². The largest absolute Gasteiger partial charge is 0.506 e. The highest BCUT2D eigenvalue weighted by atomic mass is 79.9. The maximum absolute atomic E-state index is 11.9. The van der Waals surface area contributed by atoms with Gasteiger partial charge in [-0.25, -0.2) is 5.43 Å². The molecule has 106 valence electrons. The Hall–Kier alpha value is -2.28. The van der Waals surface area contributed by atoms with Gasteiger partial charge in [-0.15, -0.1) is 0 Å². The van der Waals surface area contributed by atoms with Gasteiger partial charge in [0.05, 0.1) is 10.7 Å². The Morgan fingerprint density at radius 3 is 2.86 bits per heavy atom. The number of carbonyl (C=O) groups excluding carboxylic acids is 1. The van der Waals surface area contributed by atoms with E-state index in [2.05, 4.69) is 26.5 Å². The Morgan fingerprint density at radius 1 is 1.38 bits per heavy atom. The second kappa shape index (κ2) is 6.45. The number of hydrazone groups is 1. The lowest BCUT2D eigenvalue weighted by Gasteiger charge is -2.04. The van der Waals surface area contributed by atoms with Crippen LogP contribution in [-0.4, -0.2) is 25.1 Å². The first kappa shape index (κ1) is 15.1. The molecule has 0 saturated heterocycles. The second-order valence-electron chi connectivity index (χ2n) is 4.51. The molecule has 4 N–H and O–H groups in total. The van der Waals surface area contributed by atoms with E-state index < -0.39 is 0 Å². The van der Waals surface area contributed by atoms with Crippen LogP contribution >= 0.6 is 15.9 Å². The molecule has 0 fully saturated rings. The van der Waals surface area contributed by atoms with Crippen molar-refractivity contribution in [2.75, 3.05) is 5.73 Å². The van der Waals surface area contributed by atoms with E-state index in [0.717, 1.165) is 5.46 Å². The third-order valence-corrected chi connectivity index (χ3v) is 3.36. The second-order valence-corrected chi connectivity index (χ2v) is 5.36. The van der Waals surface area contributed by atoms with Gasteiger partial charge < -0.3 is 10.8 Å². The summed E-state index contributed by atoms with van der Waals surface area (Å²) in [6.45, 7) is 0. The Kier molecular flexibility index (Phi) is 4.64. The van der Waals surface area contributed by atoms with E-state index >= 15 is 0 Å². The van der Waals surface area contributed by atoms with E-state index in [1.807, 2.05) is 7.85 Å². The number of amides is 1. The number of halogens is 1. The van der Waals surface area contributed by atoms with Crippen LogP contribution < -0.4 is 16.6 Å². The molecule has 21 heavy (non-hydrogen) atoms. The molecule has 1 amide bonds. The summed E-state index contributed by atoms with van der Waals surface area (Å²) in [5.41, 5.74) is 10.4. The topological polar surface area (TPSA) is 87.7 Å². The first-order chi connectivity index (χ1) is 9.97. The van der Waals surface area contributed by atoms with Crippen molar-refractivity contribution in [3.05, 3.63) is 52.0 Å².